The number of rotatable bonds is 3. The Hall–Kier alpha value is -2.35. The lowest BCUT2D eigenvalue weighted by Crippen LogP contribution is -2.15. The fourth-order valence-corrected chi connectivity index (χ4v) is 3.29. The highest BCUT2D eigenvalue weighted by molar-refractivity contribution is 7.89. The number of carbonyl (C=O) groups excluding carboxylic acids is 1. The maximum atomic E-state index is 12.3. The number of anilines is 1. The van der Waals surface area contributed by atoms with Gasteiger partial charge in [-0.2, -0.15) is 0 Å². The Morgan fingerprint density at radius 1 is 1.17 bits per heavy atom. The molecule has 0 radical (unpaired) electrons. The zero-order valence-electron chi connectivity index (χ0n) is 12.5. The first-order valence-corrected chi connectivity index (χ1v) is 8.80. The molecule has 24 heavy (non-hydrogen) atoms. The molecule has 0 fully saturated rings. The fraction of sp³-hybridized carbons (Fsp3) is 0.0625. The van der Waals surface area contributed by atoms with E-state index >= 15 is 0 Å². The highest BCUT2D eigenvalue weighted by Gasteiger charge is 2.16. The molecular formula is C16H13ClN2O4S. The van der Waals surface area contributed by atoms with Gasteiger partial charge in [-0.05, 0) is 48.9 Å². The van der Waals surface area contributed by atoms with E-state index in [0.29, 0.717) is 27.2 Å². The molecule has 0 unspecified atom stereocenters. The number of furan rings is 1. The summed E-state index contributed by atoms with van der Waals surface area (Å²) in [6, 6.07) is 11.0. The average molecular weight is 365 g/mol. The standard InChI is InChI=1S/C16H13ClN2O4S/c1-9-2-4-12(8-15(9)24(18,21)22)19-16(20)14-7-10-6-11(17)3-5-13(10)23-14/h2-8H,1H3,(H,19,20)(H2,18,21,22). The molecule has 0 spiro atoms. The van der Waals surface area contributed by atoms with Crippen LogP contribution in [0.5, 0.6) is 0 Å². The number of halogens is 1. The number of aryl methyl sites for hydroxylation is 1. The third-order valence-corrected chi connectivity index (χ3v) is 4.74. The van der Waals surface area contributed by atoms with Crippen LogP contribution in [0.2, 0.25) is 5.02 Å². The third kappa shape index (κ3) is 3.28. The second-order valence-corrected chi connectivity index (χ2v) is 7.24. The van der Waals surface area contributed by atoms with Crippen LogP contribution in [0.15, 0.2) is 51.8 Å². The number of primary sulfonamides is 1. The first-order valence-electron chi connectivity index (χ1n) is 6.88. The van der Waals surface area contributed by atoms with Crippen LogP contribution in [-0.4, -0.2) is 14.3 Å². The van der Waals surface area contributed by atoms with E-state index in [-0.39, 0.29) is 10.7 Å². The summed E-state index contributed by atoms with van der Waals surface area (Å²) in [5.41, 5.74) is 1.32. The summed E-state index contributed by atoms with van der Waals surface area (Å²) >= 11 is 5.90. The van der Waals surface area contributed by atoms with E-state index < -0.39 is 15.9 Å². The van der Waals surface area contributed by atoms with Crippen LogP contribution >= 0.6 is 11.6 Å². The summed E-state index contributed by atoms with van der Waals surface area (Å²) in [5, 5.41) is 8.98. The topological polar surface area (TPSA) is 102 Å². The van der Waals surface area contributed by atoms with Crippen LogP contribution in [0.3, 0.4) is 0 Å². The Morgan fingerprint density at radius 2 is 1.92 bits per heavy atom. The van der Waals surface area contributed by atoms with Crippen molar-refractivity contribution in [3.8, 4) is 0 Å². The van der Waals surface area contributed by atoms with Crippen molar-refractivity contribution in [2.75, 3.05) is 5.32 Å². The van der Waals surface area contributed by atoms with Crippen LogP contribution in [0.4, 0.5) is 5.69 Å². The quantitative estimate of drug-likeness (QED) is 0.744. The number of hydrogen-bond donors (Lipinski definition) is 2. The predicted molar refractivity (Wildman–Crippen MR) is 91.7 cm³/mol. The van der Waals surface area contributed by atoms with Gasteiger partial charge in [0.05, 0.1) is 4.90 Å². The molecule has 0 bridgehead atoms. The molecule has 0 aliphatic heterocycles. The zero-order valence-corrected chi connectivity index (χ0v) is 14.1. The van der Waals surface area contributed by atoms with E-state index in [1.54, 1.807) is 43.3 Å². The molecule has 2 aromatic carbocycles. The van der Waals surface area contributed by atoms with E-state index in [9.17, 15) is 13.2 Å². The Bertz CT molecular complexity index is 1060. The number of amides is 1. The van der Waals surface area contributed by atoms with Crippen LogP contribution in [0.1, 0.15) is 16.1 Å². The minimum Gasteiger partial charge on any atom is -0.451 e. The van der Waals surface area contributed by atoms with Crippen LogP contribution < -0.4 is 10.5 Å². The lowest BCUT2D eigenvalue weighted by atomic mass is 10.2. The van der Waals surface area contributed by atoms with Gasteiger partial charge in [-0.15, -0.1) is 0 Å². The second kappa shape index (κ2) is 5.94. The predicted octanol–water partition coefficient (Wildman–Crippen LogP) is 3.29. The van der Waals surface area contributed by atoms with Gasteiger partial charge in [0.2, 0.25) is 10.0 Å². The lowest BCUT2D eigenvalue weighted by molar-refractivity contribution is 0.0998. The molecule has 1 aromatic heterocycles. The molecule has 3 aromatic rings. The first kappa shape index (κ1) is 16.5. The SMILES string of the molecule is Cc1ccc(NC(=O)c2cc3cc(Cl)ccc3o2)cc1S(N)(=O)=O. The minimum absolute atomic E-state index is 0.0447. The van der Waals surface area contributed by atoms with Gasteiger partial charge in [0, 0.05) is 16.1 Å². The van der Waals surface area contributed by atoms with E-state index in [2.05, 4.69) is 5.32 Å². The van der Waals surface area contributed by atoms with E-state index in [0.717, 1.165) is 0 Å². The summed E-state index contributed by atoms with van der Waals surface area (Å²) < 4.78 is 28.6. The molecule has 0 saturated carbocycles. The van der Waals surface area contributed by atoms with E-state index in [1.807, 2.05) is 0 Å². The number of carbonyl (C=O) groups is 1. The normalized spacial score (nSPS) is 11.6. The van der Waals surface area contributed by atoms with Gasteiger partial charge < -0.3 is 9.73 Å². The molecule has 6 nitrogen and oxygen atoms in total. The van der Waals surface area contributed by atoms with Crippen molar-refractivity contribution in [2.24, 2.45) is 5.14 Å². The molecule has 0 atom stereocenters. The number of fused-ring (bicyclic) bond motifs is 1. The Labute approximate surface area is 143 Å². The van der Waals surface area contributed by atoms with Crippen molar-refractivity contribution < 1.29 is 17.6 Å². The van der Waals surface area contributed by atoms with Gasteiger partial charge in [-0.3, -0.25) is 4.79 Å². The fourth-order valence-electron chi connectivity index (χ4n) is 2.30. The summed E-state index contributed by atoms with van der Waals surface area (Å²) in [4.78, 5) is 12.3. The number of nitrogens with one attached hydrogen (secondary N) is 1. The van der Waals surface area contributed by atoms with Gasteiger partial charge in [0.1, 0.15) is 5.58 Å². The maximum Gasteiger partial charge on any atom is 0.291 e. The largest absolute Gasteiger partial charge is 0.451 e. The molecule has 3 rings (SSSR count). The Kier molecular flexibility index (Phi) is 4.08. The summed E-state index contributed by atoms with van der Waals surface area (Å²) in [7, 11) is -3.87. The van der Waals surface area contributed by atoms with E-state index in [1.165, 1.54) is 6.07 Å². The van der Waals surface area contributed by atoms with Crippen molar-refractivity contribution in [3.05, 3.63) is 58.8 Å². The van der Waals surface area contributed by atoms with Crippen LogP contribution in [0.25, 0.3) is 11.0 Å². The molecule has 1 heterocycles. The van der Waals surface area contributed by atoms with Gasteiger partial charge in [0.15, 0.2) is 5.76 Å². The minimum atomic E-state index is -3.87. The Balaban J connectivity index is 1.91. The molecule has 0 saturated heterocycles. The highest BCUT2D eigenvalue weighted by atomic mass is 35.5. The maximum absolute atomic E-state index is 12.3. The van der Waals surface area contributed by atoms with Crippen molar-refractivity contribution >= 4 is 44.2 Å². The molecule has 0 aliphatic carbocycles. The Morgan fingerprint density at radius 3 is 2.62 bits per heavy atom. The number of nitrogens with two attached hydrogens (primary N) is 1. The molecule has 8 heteroatoms. The van der Waals surface area contributed by atoms with Crippen molar-refractivity contribution in [1.82, 2.24) is 0 Å². The zero-order chi connectivity index (χ0) is 17.5. The second-order valence-electron chi connectivity index (χ2n) is 5.27. The van der Waals surface area contributed by atoms with Gasteiger partial charge in [0.25, 0.3) is 5.91 Å². The summed E-state index contributed by atoms with van der Waals surface area (Å²) in [6.07, 6.45) is 0. The van der Waals surface area contributed by atoms with Crippen molar-refractivity contribution in [1.29, 1.82) is 0 Å². The first-order chi connectivity index (χ1) is 11.2. The van der Waals surface area contributed by atoms with Crippen LogP contribution in [0, 0.1) is 6.92 Å². The van der Waals surface area contributed by atoms with E-state index in [4.69, 9.17) is 21.2 Å². The highest BCUT2D eigenvalue weighted by Crippen LogP contribution is 2.24. The monoisotopic (exact) mass is 364 g/mol. The molecule has 1 amide bonds. The molecular weight excluding hydrogens is 352 g/mol. The summed E-state index contributed by atoms with van der Waals surface area (Å²) in [5.74, 6) is -0.420. The smallest absolute Gasteiger partial charge is 0.291 e. The molecule has 0 aliphatic rings. The van der Waals surface area contributed by atoms with Crippen molar-refractivity contribution in [2.45, 2.75) is 11.8 Å². The van der Waals surface area contributed by atoms with Gasteiger partial charge in [-0.25, -0.2) is 13.6 Å². The number of sulfonamides is 1. The van der Waals surface area contributed by atoms with Crippen LogP contribution in [-0.2, 0) is 10.0 Å². The van der Waals surface area contributed by atoms with Gasteiger partial charge >= 0.3 is 0 Å². The van der Waals surface area contributed by atoms with Gasteiger partial charge in [-0.1, -0.05) is 17.7 Å². The molecule has 124 valence electrons. The van der Waals surface area contributed by atoms with Crippen molar-refractivity contribution in [3.63, 3.8) is 0 Å². The summed E-state index contributed by atoms with van der Waals surface area (Å²) in [6.45, 7) is 1.62. The third-order valence-electron chi connectivity index (χ3n) is 3.45. The molecule has 3 N–H and O–H groups in total. The number of hydrogen-bond acceptors (Lipinski definition) is 4. The average Bonchev–Trinajstić information content (AvgIpc) is 2.91. The lowest BCUT2D eigenvalue weighted by Gasteiger charge is -2.07. The number of benzene rings is 2.